The molecule has 0 fully saturated rings. The molecule has 0 spiro atoms. The lowest BCUT2D eigenvalue weighted by Crippen LogP contribution is -2.17. The minimum Gasteiger partial charge on any atom is -0.319 e. The number of aryl methyl sites for hydroxylation is 1. The maximum atomic E-state index is 13.8. The van der Waals surface area contributed by atoms with Crippen molar-refractivity contribution < 1.29 is 4.39 Å². The molecule has 2 aromatic rings. The molecule has 0 bridgehead atoms. The third-order valence-corrected chi connectivity index (χ3v) is 3.31. The van der Waals surface area contributed by atoms with Gasteiger partial charge in [0.05, 0.1) is 23.0 Å². The molecule has 0 saturated heterocycles. The van der Waals surface area contributed by atoms with Gasteiger partial charge < -0.3 is 5.73 Å². The van der Waals surface area contributed by atoms with Crippen molar-refractivity contribution in [3.63, 3.8) is 0 Å². The van der Waals surface area contributed by atoms with Crippen LogP contribution >= 0.6 is 27.5 Å². The van der Waals surface area contributed by atoms with Crippen molar-refractivity contribution in [2.75, 3.05) is 0 Å². The van der Waals surface area contributed by atoms with Gasteiger partial charge in [-0.15, -0.1) is 0 Å². The van der Waals surface area contributed by atoms with Crippen molar-refractivity contribution in [2.45, 2.75) is 6.04 Å². The van der Waals surface area contributed by atoms with Gasteiger partial charge >= 0.3 is 0 Å². The topological polar surface area (TPSA) is 43.8 Å². The Morgan fingerprint density at radius 3 is 2.76 bits per heavy atom. The van der Waals surface area contributed by atoms with Crippen molar-refractivity contribution in [1.29, 1.82) is 0 Å². The second kappa shape index (κ2) is 4.76. The van der Waals surface area contributed by atoms with Crippen LogP contribution in [0, 0.1) is 5.82 Å². The van der Waals surface area contributed by atoms with Crippen LogP contribution in [0.4, 0.5) is 4.39 Å². The Hall–Kier alpha value is -0.910. The van der Waals surface area contributed by atoms with E-state index in [9.17, 15) is 4.39 Å². The molecule has 3 nitrogen and oxygen atoms in total. The van der Waals surface area contributed by atoms with Crippen molar-refractivity contribution >= 4 is 27.5 Å². The third-order valence-electron chi connectivity index (χ3n) is 2.53. The van der Waals surface area contributed by atoms with Crippen molar-refractivity contribution in [2.24, 2.45) is 12.8 Å². The summed E-state index contributed by atoms with van der Waals surface area (Å²) in [4.78, 5) is 0. The Labute approximate surface area is 112 Å². The summed E-state index contributed by atoms with van der Waals surface area (Å²) in [6.45, 7) is 0. The first-order valence-corrected chi connectivity index (χ1v) is 6.05. The molecule has 0 aliphatic rings. The summed E-state index contributed by atoms with van der Waals surface area (Å²) in [5, 5.41) is 4.42. The Kier molecular flexibility index (Phi) is 3.51. The fourth-order valence-corrected chi connectivity index (χ4v) is 2.29. The van der Waals surface area contributed by atoms with Crippen LogP contribution in [0.25, 0.3) is 0 Å². The Morgan fingerprint density at radius 1 is 1.53 bits per heavy atom. The number of nitrogens with two attached hydrogens (primary N) is 1. The molecule has 0 saturated carbocycles. The maximum absolute atomic E-state index is 13.8. The SMILES string of the molecule is Cn1ncc(Cl)c1C(N)c1ccc(Br)cc1F. The second-order valence-corrected chi connectivity index (χ2v) is 4.97. The van der Waals surface area contributed by atoms with Crippen LogP contribution < -0.4 is 5.73 Å². The van der Waals surface area contributed by atoms with Crippen LogP contribution in [0.3, 0.4) is 0 Å². The fourth-order valence-electron chi connectivity index (χ4n) is 1.67. The average molecular weight is 319 g/mol. The number of halogens is 3. The Balaban J connectivity index is 2.47. The first kappa shape index (κ1) is 12.5. The zero-order chi connectivity index (χ0) is 12.6. The molecule has 1 aromatic heterocycles. The van der Waals surface area contributed by atoms with Crippen molar-refractivity contribution in [3.8, 4) is 0 Å². The zero-order valence-electron chi connectivity index (χ0n) is 8.99. The number of nitrogens with zero attached hydrogens (tertiary/aromatic N) is 2. The summed E-state index contributed by atoms with van der Waals surface area (Å²) in [6, 6.07) is 4.11. The molecular formula is C11H10BrClFN3. The fraction of sp³-hybridized carbons (Fsp3) is 0.182. The monoisotopic (exact) mass is 317 g/mol. The standard InChI is InChI=1S/C11H10BrClFN3/c1-17-11(8(13)5-16-17)10(15)7-3-2-6(12)4-9(7)14/h2-5,10H,15H2,1H3. The van der Waals surface area contributed by atoms with Gasteiger partial charge in [-0.25, -0.2) is 4.39 Å². The number of benzene rings is 1. The summed E-state index contributed by atoms with van der Waals surface area (Å²) in [7, 11) is 1.72. The van der Waals surface area contributed by atoms with Gasteiger partial charge in [0.1, 0.15) is 5.82 Å². The maximum Gasteiger partial charge on any atom is 0.129 e. The molecule has 90 valence electrons. The predicted octanol–water partition coefficient (Wildman–Crippen LogP) is 3.02. The Morgan fingerprint density at radius 2 is 2.24 bits per heavy atom. The van der Waals surface area contributed by atoms with Crippen LogP contribution in [0.15, 0.2) is 28.9 Å². The number of hydrogen-bond acceptors (Lipinski definition) is 2. The van der Waals surface area contributed by atoms with Crippen LogP contribution in [-0.4, -0.2) is 9.78 Å². The van der Waals surface area contributed by atoms with E-state index in [1.807, 2.05) is 0 Å². The van der Waals surface area contributed by atoms with E-state index in [2.05, 4.69) is 21.0 Å². The number of aromatic nitrogens is 2. The van der Waals surface area contributed by atoms with Crippen LogP contribution in [0.1, 0.15) is 17.3 Å². The van der Waals surface area contributed by atoms with E-state index in [0.29, 0.717) is 20.8 Å². The Bertz CT molecular complexity index is 536. The van der Waals surface area contributed by atoms with Gasteiger partial charge in [-0.2, -0.15) is 5.10 Å². The van der Waals surface area contributed by atoms with Crippen LogP contribution in [0.2, 0.25) is 5.02 Å². The van der Waals surface area contributed by atoms with E-state index < -0.39 is 6.04 Å². The molecule has 17 heavy (non-hydrogen) atoms. The minimum absolute atomic E-state index is 0.371. The predicted molar refractivity (Wildman–Crippen MR) is 68.3 cm³/mol. The number of hydrogen-bond donors (Lipinski definition) is 1. The molecule has 1 aromatic carbocycles. The molecule has 0 aliphatic heterocycles. The van der Waals surface area contributed by atoms with Crippen LogP contribution in [-0.2, 0) is 7.05 Å². The molecule has 2 rings (SSSR count). The lowest BCUT2D eigenvalue weighted by Gasteiger charge is -2.14. The molecular weight excluding hydrogens is 308 g/mol. The summed E-state index contributed by atoms with van der Waals surface area (Å²) >= 11 is 9.18. The van der Waals surface area contributed by atoms with Crippen LogP contribution in [0.5, 0.6) is 0 Å². The largest absolute Gasteiger partial charge is 0.319 e. The van der Waals surface area contributed by atoms with Gasteiger partial charge in [0.15, 0.2) is 0 Å². The molecule has 6 heteroatoms. The highest BCUT2D eigenvalue weighted by atomic mass is 79.9. The second-order valence-electron chi connectivity index (χ2n) is 3.64. The quantitative estimate of drug-likeness (QED) is 0.925. The van der Waals surface area contributed by atoms with Crippen molar-refractivity contribution in [3.05, 3.63) is 51.0 Å². The van der Waals surface area contributed by atoms with Gasteiger partial charge in [-0.05, 0) is 12.1 Å². The first-order chi connectivity index (χ1) is 8.00. The third kappa shape index (κ3) is 2.36. The summed E-state index contributed by atoms with van der Waals surface area (Å²) in [5.41, 5.74) is 6.99. The van der Waals surface area contributed by atoms with Gasteiger partial charge in [-0.3, -0.25) is 4.68 Å². The van der Waals surface area contributed by atoms with Gasteiger partial charge in [0.2, 0.25) is 0 Å². The van der Waals surface area contributed by atoms with Crippen molar-refractivity contribution in [1.82, 2.24) is 9.78 Å². The minimum atomic E-state index is -0.636. The van der Waals surface area contributed by atoms with Gasteiger partial charge in [0, 0.05) is 17.1 Å². The summed E-state index contributed by atoms with van der Waals surface area (Å²) in [6.07, 6.45) is 1.49. The molecule has 0 amide bonds. The van der Waals surface area contributed by atoms with E-state index in [4.69, 9.17) is 17.3 Å². The highest BCUT2D eigenvalue weighted by molar-refractivity contribution is 9.10. The molecule has 1 heterocycles. The van der Waals surface area contributed by atoms with Gasteiger partial charge in [0.25, 0.3) is 0 Å². The molecule has 1 unspecified atom stereocenters. The molecule has 1 atom stereocenters. The average Bonchev–Trinajstić information content (AvgIpc) is 2.58. The lowest BCUT2D eigenvalue weighted by molar-refractivity contribution is 0.585. The molecule has 2 N–H and O–H groups in total. The summed E-state index contributed by atoms with van der Waals surface area (Å²) in [5.74, 6) is -0.371. The summed E-state index contributed by atoms with van der Waals surface area (Å²) < 4.78 is 16.0. The normalized spacial score (nSPS) is 12.8. The highest BCUT2D eigenvalue weighted by Crippen LogP contribution is 2.28. The van der Waals surface area contributed by atoms with E-state index in [-0.39, 0.29) is 5.82 Å². The van der Waals surface area contributed by atoms with E-state index >= 15 is 0 Å². The molecule has 0 aliphatic carbocycles. The lowest BCUT2D eigenvalue weighted by atomic mass is 10.0. The molecule has 0 radical (unpaired) electrons. The zero-order valence-corrected chi connectivity index (χ0v) is 11.3. The van der Waals surface area contributed by atoms with E-state index in [0.717, 1.165) is 0 Å². The van der Waals surface area contributed by atoms with E-state index in [1.165, 1.54) is 12.3 Å². The first-order valence-electron chi connectivity index (χ1n) is 4.88. The highest BCUT2D eigenvalue weighted by Gasteiger charge is 2.20. The van der Waals surface area contributed by atoms with Gasteiger partial charge in [-0.1, -0.05) is 33.6 Å². The number of rotatable bonds is 2. The smallest absolute Gasteiger partial charge is 0.129 e. The van der Waals surface area contributed by atoms with E-state index in [1.54, 1.807) is 23.9 Å².